The first-order valence-corrected chi connectivity index (χ1v) is 10.6. The number of anilines is 1. The number of fused-ring (bicyclic) bond motifs is 3. The molecule has 0 fully saturated rings. The van der Waals surface area contributed by atoms with Gasteiger partial charge in [0.05, 0.1) is 10.9 Å². The Morgan fingerprint density at radius 3 is 2.44 bits per heavy atom. The lowest BCUT2D eigenvalue weighted by Gasteiger charge is -2.09. The molecule has 32 heavy (non-hydrogen) atoms. The first kappa shape index (κ1) is 20.0. The van der Waals surface area contributed by atoms with Crippen LogP contribution in [-0.4, -0.2) is 27.0 Å². The molecule has 0 atom stereocenters. The molecule has 0 aliphatic carbocycles. The summed E-state index contributed by atoms with van der Waals surface area (Å²) in [7, 11) is 0. The second-order valence-electron chi connectivity index (χ2n) is 7.45. The molecule has 0 radical (unpaired) electrons. The van der Waals surface area contributed by atoms with Crippen LogP contribution in [0.3, 0.4) is 0 Å². The Hall–Kier alpha value is -3.90. The summed E-state index contributed by atoms with van der Waals surface area (Å²) in [6.07, 6.45) is 0.718. The molecule has 0 aliphatic rings. The molecule has 0 aliphatic heterocycles. The lowest BCUT2D eigenvalue weighted by atomic mass is 10.1. The van der Waals surface area contributed by atoms with Crippen LogP contribution in [0.15, 0.2) is 78.9 Å². The molecule has 5 rings (SSSR count). The van der Waals surface area contributed by atoms with Gasteiger partial charge in [-0.1, -0.05) is 60.1 Å². The number of benzene rings is 3. The van der Waals surface area contributed by atoms with Gasteiger partial charge in [0.1, 0.15) is 5.82 Å². The van der Waals surface area contributed by atoms with Crippen molar-refractivity contribution in [3.05, 3.63) is 95.3 Å². The third-order valence-corrected chi connectivity index (χ3v) is 5.63. The van der Waals surface area contributed by atoms with Crippen molar-refractivity contribution >= 4 is 45.3 Å². The lowest BCUT2D eigenvalue weighted by Crippen LogP contribution is -2.28. The fourth-order valence-corrected chi connectivity index (χ4v) is 4.00. The first-order chi connectivity index (χ1) is 15.6. The fourth-order valence-electron chi connectivity index (χ4n) is 3.88. The van der Waals surface area contributed by atoms with Crippen molar-refractivity contribution in [2.24, 2.45) is 0 Å². The number of nitrogens with one attached hydrogen (secondary N) is 1. The van der Waals surface area contributed by atoms with E-state index in [2.05, 4.69) is 15.3 Å². The maximum Gasteiger partial charge on any atom is 0.289 e. The number of para-hydroxylation sites is 1. The molecular formula is C25H20ClN5O. The van der Waals surface area contributed by atoms with E-state index in [1.807, 2.05) is 83.4 Å². The monoisotopic (exact) mass is 441 g/mol. The molecule has 158 valence electrons. The van der Waals surface area contributed by atoms with E-state index < -0.39 is 0 Å². The molecule has 3 aromatic carbocycles. The third-order valence-electron chi connectivity index (χ3n) is 5.37. The Balaban J connectivity index is 1.56. The van der Waals surface area contributed by atoms with Crippen LogP contribution in [0.5, 0.6) is 0 Å². The van der Waals surface area contributed by atoms with E-state index in [9.17, 15) is 4.79 Å². The van der Waals surface area contributed by atoms with Crippen LogP contribution in [0.1, 0.15) is 16.2 Å². The summed E-state index contributed by atoms with van der Waals surface area (Å²) in [6, 6.07) is 25.3. The standard InChI is InChI=1S/C25H20ClN5O/c26-17-10-12-18(13-11-17)31-20-9-5-4-8-19(20)21-22(27)29-23(30-24(21)31)25(32)28-15-14-16-6-2-1-3-7-16/h1-13H,14-15H2,(H,28,32)(H2,27,29,30). The van der Waals surface area contributed by atoms with Gasteiger partial charge in [0.2, 0.25) is 5.82 Å². The predicted octanol–water partition coefficient (Wildman–Crippen LogP) is 4.78. The van der Waals surface area contributed by atoms with Crippen LogP contribution in [-0.2, 0) is 6.42 Å². The number of aromatic nitrogens is 3. The fraction of sp³-hybridized carbons (Fsp3) is 0.0800. The molecule has 2 heterocycles. The number of hydrogen-bond acceptors (Lipinski definition) is 4. The van der Waals surface area contributed by atoms with Crippen LogP contribution in [0.4, 0.5) is 5.82 Å². The Morgan fingerprint density at radius 1 is 0.938 bits per heavy atom. The smallest absolute Gasteiger partial charge is 0.289 e. The second kappa shape index (κ2) is 8.32. The molecule has 6 nitrogen and oxygen atoms in total. The minimum atomic E-state index is -0.359. The van der Waals surface area contributed by atoms with Crippen LogP contribution in [0.25, 0.3) is 27.6 Å². The number of nitrogens with two attached hydrogens (primary N) is 1. The van der Waals surface area contributed by atoms with Gasteiger partial charge in [-0.15, -0.1) is 0 Å². The van der Waals surface area contributed by atoms with Crippen molar-refractivity contribution in [3.8, 4) is 5.69 Å². The summed E-state index contributed by atoms with van der Waals surface area (Å²) in [4.78, 5) is 21.8. The molecule has 0 saturated carbocycles. The van der Waals surface area contributed by atoms with Crippen LogP contribution in [0.2, 0.25) is 5.02 Å². The normalized spacial score (nSPS) is 11.2. The highest BCUT2D eigenvalue weighted by Gasteiger charge is 2.20. The molecule has 0 spiro atoms. The van der Waals surface area contributed by atoms with Crippen molar-refractivity contribution in [2.75, 3.05) is 12.3 Å². The van der Waals surface area contributed by atoms with Crippen molar-refractivity contribution in [2.45, 2.75) is 6.42 Å². The highest BCUT2D eigenvalue weighted by atomic mass is 35.5. The van der Waals surface area contributed by atoms with Crippen LogP contribution in [0, 0.1) is 0 Å². The maximum atomic E-state index is 12.8. The average Bonchev–Trinajstić information content (AvgIpc) is 3.15. The van der Waals surface area contributed by atoms with E-state index in [1.54, 1.807) is 0 Å². The van der Waals surface area contributed by atoms with Gasteiger partial charge in [-0.2, -0.15) is 0 Å². The molecular weight excluding hydrogens is 422 g/mol. The van der Waals surface area contributed by atoms with E-state index in [-0.39, 0.29) is 17.5 Å². The summed E-state index contributed by atoms with van der Waals surface area (Å²) in [5.41, 5.74) is 9.85. The highest BCUT2D eigenvalue weighted by molar-refractivity contribution is 6.30. The number of amides is 1. The van der Waals surface area contributed by atoms with Gasteiger partial charge < -0.3 is 11.1 Å². The SMILES string of the molecule is Nc1nc(C(=O)NCCc2ccccc2)nc2c1c1ccccc1n2-c1ccc(Cl)cc1. The van der Waals surface area contributed by atoms with E-state index >= 15 is 0 Å². The Bertz CT molecular complexity index is 1430. The van der Waals surface area contributed by atoms with Crippen molar-refractivity contribution in [1.82, 2.24) is 19.9 Å². The Labute approximate surface area is 189 Å². The summed E-state index contributed by atoms with van der Waals surface area (Å²) < 4.78 is 1.97. The van der Waals surface area contributed by atoms with Gasteiger partial charge in [0.25, 0.3) is 5.91 Å². The van der Waals surface area contributed by atoms with Crippen molar-refractivity contribution in [1.29, 1.82) is 0 Å². The minimum absolute atomic E-state index is 0.0427. The quantitative estimate of drug-likeness (QED) is 0.411. The van der Waals surface area contributed by atoms with Crippen molar-refractivity contribution in [3.63, 3.8) is 0 Å². The second-order valence-corrected chi connectivity index (χ2v) is 7.89. The number of hydrogen-bond donors (Lipinski definition) is 2. The molecule has 0 saturated heterocycles. The van der Waals surface area contributed by atoms with Crippen molar-refractivity contribution < 1.29 is 4.79 Å². The topological polar surface area (TPSA) is 85.8 Å². The number of carbonyl (C=O) groups is 1. The Kier molecular flexibility index (Phi) is 5.21. The van der Waals surface area contributed by atoms with E-state index in [1.165, 1.54) is 0 Å². The maximum absolute atomic E-state index is 12.8. The molecule has 7 heteroatoms. The summed E-state index contributed by atoms with van der Waals surface area (Å²) in [5, 5.41) is 5.18. The van der Waals surface area contributed by atoms with E-state index in [0.717, 1.165) is 34.0 Å². The summed E-state index contributed by atoms with van der Waals surface area (Å²) in [6.45, 7) is 0.477. The lowest BCUT2D eigenvalue weighted by molar-refractivity contribution is 0.0944. The number of carbonyl (C=O) groups excluding carboxylic acids is 1. The summed E-state index contributed by atoms with van der Waals surface area (Å²) >= 11 is 6.09. The largest absolute Gasteiger partial charge is 0.383 e. The zero-order valence-corrected chi connectivity index (χ0v) is 17.9. The van der Waals surface area contributed by atoms with Crippen LogP contribution >= 0.6 is 11.6 Å². The van der Waals surface area contributed by atoms with Gasteiger partial charge in [-0.3, -0.25) is 9.36 Å². The van der Waals surface area contributed by atoms with Crippen LogP contribution < -0.4 is 11.1 Å². The number of rotatable bonds is 5. The molecule has 1 amide bonds. The summed E-state index contributed by atoms with van der Waals surface area (Å²) in [5.74, 6) is -0.0457. The first-order valence-electron chi connectivity index (χ1n) is 10.3. The highest BCUT2D eigenvalue weighted by Crippen LogP contribution is 2.33. The molecule has 2 aromatic heterocycles. The molecule has 5 aromatic rings. The van der Waals surface area contributed by atoms with Gasteiger partial charge in [0, 0.05) is 22.6 Å². The molecule has 0 bridgehead atoms. The molecule has 3 N–H and O–H groups in total. The predicted molar refractivity (Wildman–Crippen MR) is 128 cm³/mol. The van der Waals surface area contributed by atoms with E-state index in [0.29, 0.717) is 17.2 Å². The zero-order valence-electron chi connectivity index (χ0n) is 17.1. The van der Waals surface area contributed by atoms with E-state index in [4.69, 9.17) is 17.3 Å². The zero-order chi connectivity index (χ0) is 22.1. The third kappa shape index (κ3) is 3.65. The average molecular weight is 442 g/mol. The number of nitrogens with zero attached hydrogens (tertiary/aromatic N) is 3. The Morgan fingerprint density at radius 2 is 1.66 bits per heavy atom. The van der Waals surface area contributed by atoms with Gasteiger partial charge in [-0.25, -0.2) is 9.97 Å². The molecule has 0 unspecified atom stereocenters. The van der Waals surface area contributed by atoms with Gasteiger partial charge >= 0.3 is 0 Å². The number of halogens is 1. The van der Waals surface area contributed by atoms with Gasteiger partial charge in [-0.05, 0) is 42.3 Å². The minimum Gasteiger partial charge on any atom is -0.383 e. The van der Waals surface area contributed by atoms with Gasteiger partial charge in [0.15, 0.2) is 5.65 Å². The number of nitrogen functional groups attached to an aromatic ring is 1.